The van der Waals surface area contributed by atoms with Crippen molar-refractivity contribution in [2.75, 3.05) is 29.1 Å². The number of esters is 1. The third kappa shape index (κ3) is 6.49. The number of ether oxygens (including phenoxy) is 2. The number of sulfonamides is 1. The maximum atomic E-state index is 12.9. The molecule has 0 radical (unpaired) electrons. The van der Waals surface area contributed by atoms with Crippen LogP contribution in [0.15, 0.2) is 89.8 Å². The SMILES string of the molecule is CCOC(=O)c1cc(-c2ccccc2)sc1NC(=S)Nc1ccc(S(=O)(=O)Nc2ccccc2OC)cc1. The molecular weight excluding hydrogens is 543 g/mol. The van der Waals surface area contributed by atoms with Gasteiger partial charge in [0.05, 0.1) is 29.9 Å². The van der Waals surface area contributed by atoms with Crippen molar-refractivity contribution in [3.63, 3.8) is 0 Å². The summed E-state index contributed by atoms with van der Waals surface area (Å²) in [4.78, 5) is 13.5. The third-order valence-corrected chi connectivity index (χ3v) is 7.97. The number of benzene rings is 3. The summed E-state index contributed by atoms with van der Waals surface area (Å²) in [5.74, 6) is -0.0368. The van der Waals surface area contributed by atoms with Crippen molar-refractivity contribution in [2.45, 2.75) is 11.8 Å². The zero-order valence-corrected chi connectivity index (χ0v) is 23.0. The quantitative estimate of drug-likeness (QED) is 0.162. The van der Waals surface area contributed by atoms with Gasteiger partial charge in [0.2, 0.25) is 0 Å². The molecule has 0 aliphatic heterocycles. The Morgan fingerprint density at radius 3 is 2.32 bits per heavy atom. The largest absolute Gasteiger partial charge is 0.495 e. The maximum absolute atomic E-state index is 12.9. The number of thiocarbonyl (C=S) groups is 1. The van der Waals surface area contributed by atoms with Gasteiger partial charge in [0, 0.05) is 10.6 Å². The van der Waals surface area contributed by atoms with Crippen molar-refractivity contribution in [3.8, 4) is 16.2 Å². The number of hydrogen-bond donors (Lipinski definition) is 3. The smallest absolute Gasteiger partial charge is 0.341 e. The van der Waals surface area contributed by atoms with E-state index < -0.39 is 16.0 Å². The predicted octanol–water partition coefficient (Wildman–Crippen LogP) is 6.21. The highest BCUT2D eigenvalue weighted by Crippen LogP contribution is 2.36. The van der Waals surface area contributed by atoms with Gasteiger partial charge in [-0.2, -0.15) is 0 Å². The lowest BCUT2D eigenvalue weighted by atomic mass is 10.1. The molecule has 196 valence electrons. The van der Waals surface area contributed by atoms with E-state index in [1.807, 2.05) is 30.3 Å². The van der Waals surface area contributed by atoms with Crippen LogP contribution in [-0.4, -0.2) is 33.2 Å². The molecule has 4 aromatic rings. The zero-order chi connectivity index (χ0) is 27.1. The molecule has 3 N–H and O–H groups in total. The summed E-state index contributed by atoms with van der Waals surface area (Å²) in [6.07, 6.45) is 0. The van der Waals surface area contributed by atoms with Gasteiger partial charge in [0.25, 0.3) is 10.0 Å². The predicted molar refractivity (Wildman–Crippen MR) is 156 cm³/mol. The first-order valence-electron chi connectivity index (χ1n) is 11.5. The number of carbonyl (C=O) groups is 1. The molecule has 1 aromatic heterocycles. The molecule has 0 unspecified atom stereocenters. The van der Waals surface area contributed by atoms with Crippen LogP contribution in [0.2, 0.25) is 0 Å². The van der Waals surface area contributed by atoms with Crippen molar-refractivity contribution < 1.29 is 22.7 Å². The van der Waals surface area contributed by atoms with E-state index in [0.29, 0.717) is 27.7 Å². The summed E-state index contributed by atoms with van der Waals surface area (Å²) in [6.45, 7) is 2.00. The van der Waals surface area contributed by atoms with E-state index >= 15 is 0 Å². The summed E-state index contributed by atoms with van der Waals surface area (Å²) < 4.78 is 38.7. The fourth-order valence-electron chi connectivity index (χ4n) is 3.50. The van der Waals surface area contributed by atoms with Crippen molar-refractivity contribution in [3.05, 3.63) is 90.5 Å². The number of para-hydroxylation sites is 2. The second kappa shape index (κ2) is 12.1. The highest BCUT2D eigenvalue weighted by atomic mass is 32.2. The first-order chi connectivity index (χ1) is 18.3. The molecule has 1 heterocycles. The van der Waals surface area contributed by atoms with Gasteiger partial charge >= 0.3 is 5.97 Å². The van der Waals surface area contributed by atoms with Gasteiger partial charge in [-0.05, 0) is 67.2 Å². The lowest BCUT2D eigenvalue weighted by molar-refractivity contribution is 0.0528. The van der Waals surface area contributed by atoms with E-state index in [9.17, 15) is 13.2 Å². The molecule has 8 nitrogen and oxygen atoms in total. The molecular formula is C27H25N3O5S3. The normalized spacial score (nSPS) is 10.9. The van der Waals surface area contributed by atoms with E-state index in [1.54, 1.807) is 49.4 Å². The van der Waals surface area contributed by atoms with E-state index in [1.165, 1.54) is 30.6 Å². The van der Waals surface area contributed by atoms with Crippen LogP contribution in [0, 0.1) is 0 Å². The summed E-state index contributed by atoms with van der Waals surface area (Å²) in [5.41, 5.74) is 2.25. The fourth-order valence-corrected chi connectivity index (χ4v) is 5.92. The molecule has 3 aromatic carbocycles. The van der Waals surface area contributed by atoms with E-state index in [2.05, 4.69) is 15.4 Å². The van der Waals surface area contributed by atoms with Crippen molar-refractivity contribution in [1.82, 2.24) is 0 Å². The zero-order valence-electron chi connectivity index (χ0n) is 20.6. The van der Waals surface area contributed by atoms with Gasteiger partial charge < -0.3 is 20.1 Å². The Morgan fingerprint density at radius 1 is 0.947 bits per heavy atom. The van der Waals surface area contributed by atoms with Crippen molar-refractivity contribution in [2.24, 2.45) is 0 Å². The van der Waals surface area contributed by atoms with Crippen LogP contribution >= 0.6 is 23.6 Å². The molecule has 0 aliphatic carbocycles. The number of anilines is 3. The Labute approximate surface area is 230 Å². The molecule has 0 saturated heterocycles. The van der Waals surface area contributed by atoms with E-state index in [-0.39, 0.29) is 16.6 Å². The van der Waals surface area contributed by atoms with Crippen LogP contribution < -0.4 is 20.1 Å². The number of nitrogens with one attached hydrogen (secondary N) is 3. The number of hydrogen-bond acceptors (Lipinski definition) is 7. The van der Waals surface area contributed by atoms with Gasteiger partial charge in [-0.3, -0.25) is 4.72 Å². The minimum Gasteiger partial charge on any atom is -0.495 e. The molecule has 0 amide bonds. The minimum atomic E-state index is -3.84. The third-order valence-electron chi connectivity index (χ3n) is 5.29. The summed E-state index contributed by atoms with van der Waals surface area (Å²) in [6, 6.07) is 24.3. The average molecular weight is 568 g/mol. The highest BCUT2D eigenvalue weighted by molar-refractivity contribution is 7.92. The second-order valence-electron chi connectivity index (χ2n) is 7.85. The Balaban J connectivity index is 1.48. The molecule has 0 bridgehead atoms. The summed E-state index contributed by atoms with van der Waals surface area (Å²) in [5, 5.41) is 6.87. The van der Waals surface area contributed by atoms with Gasteiger partial charge in [-0.25, -0.2) is 13.2 Å². The molecule has 0 fully saturated rings. The molecule has 0 aliphatic rings. The van der Waals surface area contributed by atoms with Gasteiger partial charge in [-0.1, -0.05) is 42.5 Å². The minimum absolute atomic E-state index is 0.0724. The van der Waals surface area contributed by atoms with Gasteiger partial charge in [0.1, 0.15) is 10.8 Å². The number of thiophene rings is 1. The maximum Gasteiger partial charge on any atom is 0.341 e. The first kappa shape index (κ1) is 27.1. The molecule has 11 heteroatoms. The lowest BCUT2D eigenvalue weighted by Gasteiger charge is -2.13. The van der Waals surface area contributed by atoms with E-state index in [0.717, 1.165) is 10.4 Å². The average Bonchev–Trinajstić information content (AvgIpc) is 3.33. The van der Waals surface area contributed by atoms with Crippen LogP contribution in [0.5, 0.6) is 5.75 Å². The standard InChI is InChI=1S/C27H25N3O5S3/c1-3-35-26(31)21-17-24(18-9-5-4-6-10-18)37-25(21)29-27(36)28-19-13-15-20(16-14-19)38(32,33)30-22-11-7-8-12-23(22)34-2/h4-17,30H,3H2,1-2H3,(H2,28,29,36). The molecule has 38 heavy (non-hydrogen) atoms. The lowest BCUT2D eigenvalue weighted by Crippen LogP contribution is -2.20. The van der Waals surface area contributed by atoms with Gasteiger partial charge in [-0.15, -0.1) is 11.3 Å². The topological polar surface area (TPSA) is 106 Å². The van der Waals surface area contributed by atoms with Crippen LogP contribution in [0.3, 0.4) is 0 Å². The number of rotatable bonds is 9. The Kier molecular flexibility index (Phi) is 8.62. The molecule has 4 rings (SSSR count). The van der Waals surface area contributed by atoms with Crippen LogP contribution in [-0.2, 0) is 14.8 Å². The Morgan fingerprint density at radius 2 is 1.63 bits per heavy atom. The molecule has 0 atom stereocenters. The second-order valence-corrected chi connectivity index (χ2v) is 11.0. The summed E-state index contributed by atoms with van der Waals surface area (Å²) in [7, 11) is -2.37. The van der Waals surface area contributed by atoms with E-state index in [4.69, 9.17) is 21.7 Å². The Hall–Kier alpha value is -3.93. The highest BCUT2D eigenvalue weighted by Gasteiger charge is 2.20. The Bertz CT molecular complexity index is 1540. The van der Waals surface area contributed by atoms with Crippen molar-refractivity contribution in [1.29, 1.82) is 0 Å². The molecule has 0 spiro atoms. The summed E-state index contributed by atoms with van der Waals surface area (Å²) >= 11 is 6.84. The van der Waals surface area contributed by atoms with Crippen molar-refractivity contribution >= 4 is 61.0 Å². The number of carbonyl (C=O) groups excluding carboxylic acids is 1. The number of methoxy groups -OCH3 is 1. The van der Waals surface area contributed by atoms with Crippen LogP contribution in [0.25, 0.3) is 10.4 Å². The fraction of sp³-hybridized carbons (Fsp3) is 0.111. The monoisotopic (exact) mass is 567 g/mol. The van der Waals surface area contributed by atoms with Crippen LogP contribution in [0.4, 0.5) is 16.4 Å². The molecule has 0 saturated carbocycles. The first-order valence-corrected chi connectivity index (χ1v) is 14.2. The van der Waals surface area contributed by atoms with Crippen LogP contribution in [0.1, 0.15) is 17.3 Å². The van der Waals surface area contributed by atoms with Gasteiger partial charge in [0.15, 0.2) is 5.11 Å².